The van der Waals surface area contributed by atoms with Gasteiger partial charge in [0.05, 0.1) is 18.8 Å². The Morgan fingerprint density at radius 3 is 2.77 bits per heavy atom. The Morgan fingerprint density at radius 1 is 1.39 bits per heavy atom. The summed E-state index contributed by atoms with van der Waals surface area (Å²) in [7, 11) is 1.74. The number of ether oxygens (including phenoxy) is 2. The van der Waals surface area contributed by atoms with Crippen LogP contribution >= 0.6 is 0 Å². The Labute approximate surface area is 186 Å². The maximum atomic E-state index is 11.5. The molecule has 31 heavy (non-hydrogen) atoms. The number of methoxy groups -OCH3 is 1. The van der Waals surface area contributed by atoms with Gasteiger partial charge in [-0.25, -0.2) is 4.98 Å². The number of hydrogen-bond acceptors (Lipinski definition) is 5. The fourth-order valence-electron chi connectivity index (χ4n) is 4.04. The average molecular weight is 431 g/mol. The van der Waals surface area contributed by atoms with Crippen molar-refractivity contribution in [3.8, 4) is 0 Å². The minimum atomic E-state index is 0.0854. The molecule has 2 aromatic rings. The molecule has 1 N–H and O–H groups in total. The third-order valence-corrected chi connectivity index (χ3v) is 5.99. The van der Waals surface area contributed by atoms with Crippen LogP contribution in [0.4, 0.5) is 0 Å². The van der Waals surface area contributed by atoms with Gasteiger partial charge in [-0.15, -0.1) is 0 Å². The molecule has 0 radical (unpaired) electrons. The molecule has 1 aliphatic heterocycles. The summed E-state index contributed by atoms with van der Waals surface area (Å²) in [6, 6.07) is 4.69. The summed E-state index contributed by atoms with van der Waals surface area (Å²) >= 11 is 0. The maximum absolute atomic E-state index is 11.5. The predicted octanol–water partition coefficient (Wildman–Crippen LogP) is 3.45. The van der Waals surface area contributed by atoms with E-state index in [-0.39, 0.29) is 6.04 Å². The summed E-state index contributed by atoms with van der Waals surface area (Å²) in [6.45, 7) is 10.8. The van der Waals surface area contributed by atoms with Gasteiger partial charge in [0, 0.05) is 62.2 Å². The van der Waals surface area contributed by atoms with Crippen molar-refractivity contribution in [1.29, 1.82) is 0 Å². The first kappa shape index (κ1) is 23.7. The van der Waals surface area contributed by atoms with E-state index < -0.39 is 0 Å². The zero-order chi connectivity index (χ0) is 22.2. The number of nitrogens with one attached hydrogen (secondary N) is 1. The lowest BCUT2D eigenvalue weighted by molar-refractivity contribution is -0.120. The highest BCUT2D eigenvalue weighted by atomic mass is 16.5. The van der Waals surface area contributed by atoms with E-state index in [2.05, 4.69) is 42.1 Å². The zero-order valence-electron chi connectivity index (χ0n) is 19.5. The van der Waals surface area contributed by atoms with E-state index in [1.165, 1.54) is 5.56 Å². The summed E-state index contributed by atoms with van der Waals surface area (Å²) in [5.74, 6) is 0. The van der Waals surface area contributed by atoms with Gasteiger partial charge < -0.3 is 24.3 Å². The summed E-state index contributed by atoms with van der Waals surface area (Å²) in [5, 5.41) is 4.37. The molecule has 7 nitrogen and oxygen atoms in total. The van der Waals surface area contributed by atoms with E-state index in [4.69, 9.17) is 14.5 Å². The minimum Gasteiger partial charge on any atom is -0.385 e. The number of nitrogens with zero attached hydrogens (tertiary/aromatic N) is 3. The molecule has 2 fully saturated rings. The molecular formula is C24H38N4O3. The van der Waals surface area contributed by atoms with Crippen LogP contribution in [0.5, 0.6) is 0 Å². The molecule has 0 aromatic carbocycles. The highest BCUT2D eigenvalue weighted by molar-refractivity contribution is 5.81. The van der Waals surface area contributed by atoms with Crippen molar-refractivity contribution in [2.75, 3.05) is 33.4 Å². The average Bonchev–Trinajstić information content (AvgIpc) is 3.54. The molecule has 4 rings (SSSR count). The SMILES string of the molecule is CC1CNCCO1.COCCCCn1cc([C@H](C)N(C=O)C2CC2)c2ccc(C)nc21. The van der Waals surface area contributed by atoms with E-state index in [9.17, 15) is 4.79 Å². The molecule has 3 heterocycles. The molecule has 2 aliphatic rings. The lowest BCUT2D eigenvalue weighted by Crippen LogP contribution is -2.36. The van der Waals surface area contributed by atoms with E-state index in [1.807, 2.05) is 11.8 Å². The number of rotatable bonds is 9. The van der Waals surface area contributed by atoms with Crippen LogP contribution in [0.1, 0.15) is 56.8 Å². The number of hydrogen-bond donors (Lipinski definition) is 1. The summed E-state index contributed by atoms with van der Waals surface area (Å²) < 4.78 is 12.6. The van der Waals surface area contributed by atoms with E-state index in [0.29, 0.717) is 12.1 Å². The van der Waals surface area contributed by atoms with Gasteiger partial charge in [-0.3, -0.25) is 4.79 Å². The first-order valence-electron chi connectivity index (χ1n) is 11.6. The number of aromatic nitrogens is 2. The van der Waals surface area contributed by atoms with Gasteiger partial charge in [-0.05, 0) is 58.6 Å². The van der Waals surface area contributed by atoms with Crippen LogP contribution in [0.3, 0.4) is 0 Å². The Hall–Kier alpha value is -1.96. The minimum absolute atomic E-state index is 0.0854. The molecule has 1 unspecified atom stereocenters. The number of fused-ring (bicyclic) bond motifs is 1. The summed E-state index contributed by atoms with van der Waals surface area (Å²) in [5.41, 5.74) is 3.24. The number of carbonyl (C=O) groups excluding carboxylic acids is 1. The lowest BCUT2D eigenvalue weighted by Gasteiger charge is -2.24. The standard InChI is InChI=1S/C19H27N3O2.C5H11NO/c1-14-6-9-17-18(15(2)22(13-23)16-7-8-16)12-21(19(17)20-14)10-4-5-11-24-3;1-5-4-6-2-3-7-5/h6,9,12-13,15-16H,4-5,7-8,10-11H2,1-3H3;5-6H,2-4H2,1H3/t15-;/m0./s1. The van der Waals surface area contributed by atoms with Crippen molar-refractivity contribution < 1.29 is 14.3 Å². The van der Waals surface area contributed by atoms with Crippen molar-refractivity contribution in [2.45, 2.75) is 71.2 Å². The first-order valence-corrected chi connectivity index (χ1v) is 11.6. The molecule has 2 atom stereocenters. The Balaban J connectivity index is 0.000000330. The first-order chi connectivity index (χ1) is 15.0. The van der Waals surface area contributed by atoms with Crippen molar-refractivity contribution in [3.05, 3.63) is 29.6 Å². The highest BCUT2D eigenvalue weighted by Gasteiger charge is 2.33. The molecule has 1 saturated heterocycles. The number of morpholine rings is 1. The molecule has 1 aliphatic carbocycles. The van der Waals surface area contributed by atoms with Crippen LogP contribution in [-0.2, 0) is 20.8 Å². The summed E-state index contributed by atoms with van der Waals surface area (Å²) in [6.07, 6.45) is 7.95. The van der Waals surface area contributed by atoms with Crippen LogP contribution < -0.4 is 5.32 Å². The van der Waals surface area contributed by atoms with Gasteiger partial charge in [-0.1, -0.05) is 0 Å². The normalized spacial score (nSPS) is 19.5. The lowest BCUT2D eigenvalue weighted by atomic mass is 10.1. The van der Waals surface area contributed by atoms with Crippen molar-refractivity contribution in [1.82, 2.24) is 19.8 Å². The Morgan fingerprint density at radius 2 is 2.19 bits per heavy atom. The molecule has 0 spiro atoms. The van der Waals surface area contributed by atoms with Crippen LogP contribution in [0.15, 0.2) is 18.3 Å². The Kier molecular flexibility index (Phi) is 8.87. The monoisotopic (exact) mass is 430 g/mol. The van der Waals surface area contributed by atoms with Crippen molar-refractivity contribution in [2.24, 2.45) is 0 Å². The largest absolute Gasteiger partial charge is 0.385 e. The predicted molar refractivity (Wildman–Crippen MR) is 123 cm³/mol. The van der Waals surface area contributed by atoms with Gasteiger partial charge in [0.1, 0.15) is 5.65 Å². The number of unbranched alkanes of at least 4 members (excludes halogenated alkanes) is 1. The molecular weight excluding hydrogens is 392 g/mol. The highest BCUT2D eigenvalue weighted by Crippen LogP contribution is 2.36. The van der Waals surface area contributed by atoms with Gasteiger partial charge in [0.15, 0.2) is 0 Å². The van der Waals surface area contributed by atoms with Gasteiger partial charge in [0.25, 0.3) is 0 Å². The second kappa shape index (κ2) is 11.6. The maximum Gasteiger partial charge on any atom is 0.210 e. The van der Waals surface area contributed by atoms with Gasteiger partial charge in [0.2, 0.25) is 6.41 Å². The van der Waals surface area contributed by atoms with E-state index in [1.54, 1.807) is 7.11 Å². The molecule has 172 valence electrons. The van der Waals surface area contributed by atoms with Crippen molar-refractivity contribution >= 4 is 17.4 Å². The number of amides is 1. The fourth-order valence-corrected chi connectivity index (χ4v) is 4.04. The Bertz CT molecular complexity index is 828. The van der Waals surface area contributed by atoms with Crippen LogP contribution in [0, 0.1) is 6.92 Å². The topological polar surface area (TPSA) is 68.6 Å². The third kappa shape index (κ3) is 6.51. The molecule has 0 bridgehead atoms. The van der Waals surface area contributed by atoms with Gasteiger partial charge in [-0.2, -0.15) is 0 Å². The quantitative estimate of drug-likeness (QED) is 0.487. The second-order valence-electron chi connectivity index (χ2n) is 8.65. The fraction of sp³-hybridized carbons (Fsp3) is 0.667. The number of pyridine rings is 1. The number of aryl methyl sites for hydroxylation is 2. The number of carbonyl (C=O) groups is 1. The molecule has 1 saturated carbocycles. The smallest absolute Gasteiger partial charge is 0.210 e. The molecule has 2 aromatic heterocycles. The second-order valence-corrected chi connectivity index (χ2v) is 8.65. The third-order valence-electron chi connectivity index (χ3n) is 5.99. The van der Waals surface area contributed by atoms with Crippen molar-refractivity contribution in [3.63, 3.8) is 0 Å². The van der Waals surface area contributed by atoms with Crippen LogP contribution in [-0.4, -0.2) is 66.4 Å². The molecule has 7 heteroatoms. The van der Waals surface area contributed by atoms with Gasteiger partial charge >= 0.3 is 0 Å². The van der Waals surface area contributed by atoms with E-state index >= 15 is 0 Å². The molecule has 1 amide bonds. The van der Waals surface area contributed by atoms with E-state index in [0.717, 1.165) is 81.7 Å². The van der Waals surface area contributed by atoms with Crippen LogP contribution in [0.25, 0.3) is 11.0 Å². The summed E-state index contributed by atoms with van der Waals surface area (Å²) in [4.78, 5) is 18.2. The zero-order valence-corrected chi connectivity index (χ0v) is 19.5. The van der Waals surface area contributed by atoms with Crippen LogP contribution in [0.2, 0.25) is 0 Å².